The van der Waals surface area contributed by atoms with Gasteiger partial charge < -0.3 is 9.80 Å². The van der Waals surface area contributed by atoms with Crippen molar-refractivity contribution in [3.63, 3.8) is 0 Å². The van der Waals surface area contributed by atoms with Crippen LogP contribution in [0.4, 0.5) is 11.4 Å². The molecule has 3 aliphatic rings. The molecular weight excluding hydrogens is 391 g/mol. The highest BCUT2D eigenvalue weighted by molar-refractivity contribution is 6.33. The molecule has 146 valence electrons. The van der Waals surface area contributed by atoms with Crippen molar-refractivity contribution >= 4 is 40.4 Å². The highest BCUT2D eigenvalue weighted by Gasteiger charge is 2.34. The summed E-state index contributed by atoms with van der Waals surface area (Å²) in [5, 5.41) is 1.54. The molecule has 0 amide bonds. The normalized spacial score (nSPS) is 20.1. The van der Waals surface area contributed by atoms with Crippen LogP contribution in [0.15, 0.2) is 47.5 Å². The van der Waals surface area contributed by atoms with Gasteiger partial charge in [-0.1, -0.05) is 35.3 Å². The summed E-state index contributed by atoms with van der Waals surface area (Å²) >= 11 is 12.5. The van der Waals surface area contributed by atoms with Crippen LogP contribution in [0.2, 0.25) is 10.0 Å². The Bertz CT molecular complexity index is 901. The molecule has 0 radical (unpaired) electrons. The Labute approximate surface area is 176 Å². The van der Waals surface area contributed by atoms with Crippen molar-refractivity contribution in [2.75, 3.05) is 37.6 Å². The third-order valence-electron chi connectivity index (χ3n) is 5.88. The average molecular weight is 415 g/mol. The minimum atomic E-state index is 0.693. The second-order valence-electron chi connectivity index (χ2n) is 7.87. The fraction of sp³-hybridized carbons (Fsp3) is 0.409. The molecule has 28 heavy (non-hydrogen) atoms. The molecule has 2 aliphatic heterocycles. The van der Waals surface area contributed by atoms with Crippen LogP contribution in [0, 0.1) is 0 Å². The first kappa shape index (κ1) is 18.3. The zero-order chi connectivity index (χ0) is 19.1. The van der Waals surface area contributed by atoms with Gasteiger partial charge in [0.25, 0.3) is 0 Å². The number of rotatable bonds is 3. The number of para-hydroxylation sites is 2. The zero-order valence-electron chi connectivity index (χ0n) is 15.8. The van der Waals surface area contributed by atoms with Gasteiger partial charge in [-0.3, -0.25) is 4.90 Å². The van der Waals surface area contributed by atoms with Crippen LogP contribution >= 0.6 is 23.2 Å². The van der Waals surface area contributed by atoms with E-state index in [0.717, 1.165) is 60.6 Å². The van der Waals surface area contributed by atoms with E-state index in [1.807, 2.05) is 18.2 Å². The van der Waals surface area contributed by atoms with Gasteiger partial charge in [0.15, 0.2) is 0 Å². The second-order valence-corrected chi connectivity index (χ2v) is 8.72. The van der Waals surface area contributed by atoms with Gasteiger partial charge in [-0.05, 0) is 48.7 Å². The molecule has 2 aromatic rings. The maximum Gasteiger partial charge on any atom is 0.125 e. The number of hydrogen-bond donors (Lipinski definition) is 0. The quantitative estimate of drug-likeness (QED) is 0.718. The Balaban J connectivity index is 1.27. The van der Waals surface area contributed by atoms with E-state index in [1.165, 1.54) is 24.4 Å². The molecule has 0 bridgehead atoms. The van der Waals surface area contributed by atoms with Crippen LogP contribution in [-0.4, -0.2) is 54.4 Å². The van der Waals surface area contributed by atoms with Gasteiger partial charge in [0.2, 0.25) is 0 Å². The van der Waals surface area contributed by atoms with E-state index in [0.29, 0.717) is 6.04 Å². The van der Waals surface area contributed by atoms with Gasteiger partial charge in [-0.2, -0.15) is 0 Å². The van der Waals surface area contributed by atoms with E-state index in [2.05, 4.69) is 39.0 Å². The first-order valence-corrected chi connectivity index (χ1v) is 10.8. The van der Waals surface area contributed by atoms with Crippen LogP contribution in [0.5, 0.6) is 0 Å². The van der Waals surface area contributed by atoms with Crippen molar-refractivity contribution < 1.29 is 0 Å². The topological polar surface area (TPSA) is 22.1 Å². The Morgan fingerprint density at radius 3 is 2.54 bits per heavy atom. The van der Waals surface area contributed by atoms with E-state index in [-0.39, 0.29) is 0 Å². The van der Waals surface area contributed by atoms with E-state index in [4.69, 9.17) is 28.2 Å². The molecule has 1 saturated heterocycles. The van der Waals surface area contributed by atoms with Gasteiger partial charge in [0, 0.05) is 48.8 Å². The molecular formula is C22H24Cl2N4. The van der Waals surface area contributed by atoms with Crippen molar-refractivity contribution in [1.82, 2.24) is 9.80 Å². The molecule has 1 aliphatic carbocycles. The average Bonchev–Trinajstić information content (AvgIpc) is 3.56. The first-order chi connectivity index (χ1) is 13.7. The summed E-state index contributed by atoms with van der Waals surface area (Å²) in [4.78, 5) is 12.5. The predicted molar refractivity (Wildman–Crippen MR) is 117 cm³/mol. The predicted octanol–water partition coefficient (Wildman–Crippen LogP) is 4.82. The number of benzene rings is 2. The van der Waals surface area contributed by atoms with Gasteiger partial charge in [-0.15, -0.1) is 0 Å². The molecule has 0 N–H and O–H groups in total. The van der Waals surface area contributed by atoms with Crippen LogP contribution < -0.4 is 4.90 Å². The SMILES string of the molecule is Clc1ccc(Cl)c(CN2CCN(C3=Nc4ccccc4N(C4CC4)C3)CC2)c1. The number of piperazine rings is 1. The third-order valence-corrected chi connectivity index (χ3v) is 6.48. The van der Waals surface area contributed by atoms with E-state index in [1.54, 1.807) is 0 Å². The van der Waals surface area contributed by atoms with Crippen LogP contribution in [0.25, 0.3) is 0 Å². The molecule has 4 nitrogen and oxygen atoms in total. The largest absolute Gasteiger partial charge is 0.359 e. The van der Waals surface area contributed by atoms with Gasteiger partial charge >= 0.3 is 0 Å². The molecule has 5 rings (SSSR count). The number of aliphatic imine (C=N–C) groups is 1. The lowest BCUT2D eigenvalue weighted by Crippen LogP contribution is -2.52. The van der Waals surface area contributed by atoms with Crippen molar-refractivity contribution in [1.29, 1.82) is 0 Å². The number of halogens is 2. The second kappa shape index (κ2) is 7.58. The summed E-state index contributed by atoms with van der Waals surface area (Å²) in [6.07, 6.45) is 2.60. The molecule has 0 spiro atoms. The van der Waals surface area contributed by atoms with Crippen LogP contribution in [0.1, 0.15) is 18.4 Å². The Morgan fingerprint density at radius 1 is 0.964 bits per heavy atom. The summed E-state index contributed by atoms with van der Waals surface area (Å²) < 4.78 is 0. The molecule has 2 heterocycles. The minimum Gasteiger partial charge on any atom is -0.359 e. The van der Waals surface area contributed by atoms with Crippen molar-refractivity contribution in [2.24, 2.45) is 4.99 Å². The van der Waals surface area contributed by atoms with Crippen molar-refractivity contribution in [2.45, 2.75) is 25.4 Å². The highest BCUT2D eigenvalue weighted by Crippen LogP contribution is 2.39. The maximum atomic E-state index is 6.34. The van der Waals surface area contributed by atoms with Crippen LogP contribution in [-0.2, 0) is 6.54 Å². The summed E-state index contributed by atoms with van der Waals surface area (Å²) in [5.41, 5.74) is 3.51. The third kappa shape index (κ3) is 3.73. The van der Waals surface area contributed by atoms with Crippen LogP contribution in [0.3, 0.4) is 0 Å². The number of hydrogen-bond acceptors (Lipinski definition) is 4. The van der Waals surface area contributed by atoms with Gasteiger partial charge in [-0.25, -0.2) is 4.99 Å². The standard InChI is InChI=1S/C22H24Cl2N4/c23-17-5-8-19(24)16(13-17)14-26-9-11-27(12-10-26)22-15-28(18-6-7-18)21-4-2-1-3-20(21)25-22/h1-5,8,13,18H,6-7,9-12,14-15H2. The maximum absolute atomic E-state index is 6.34. The molecule has 2 fully saturated rings. The van der Waals surface area contributed by atoms with E-state index >= 15 is 0 Å². The fourth-order valence-corrected chi connectivity index (χ4v) is 4.54. The van der Waals surface area contributed by atoms with Crippen molar-refractivity contribution in [3.8, 4) is 0 Å². The molecule has 6 heteroatoms. The molecule has 0 atom stereocenters. The lowest BCUT2D eigenvalue weighted by molar-refractivity contribution is 0.174. The lowest BCUT2D eigenvalue weighted by Gasteiger charge is -2.40. The monoisotopic (exact) mass is 414 g/mol. The minimum absolute atomic E-state index is 0.693. The molecule has 2 aromatic carbocycles. The number of nitrogens with zero attached hydrogens (tertiary/aromatic N) is 4. The highest BCUT2D eigenvalue weighted by atomic mass is 35.5. The summed E-state index contributed by atoms with van der Waals surface area (Å²) in [6, 6.07) is 15.0. The summed E-state index contributed by atoms with van der Waals surface area (Å²) in [7, 11) is 0. The fourth-order valence-electron chi connectivity index (χ4n) is 4.17. The van der Waals surface area contributed by atoms with E-state index < -0.39 is 0 Å². The molecule has 1 saturated carbocycles. The molecule has 0 aromatic heterocycles. The Hall–Kier alpha value is -1.75. The first-order valence-electron chi connectivity index (χ1n) is 10.0. The summed E-state index contributed by atoms with van der Waals surface area (Å²) in [5.74, 6) is 1.21. The number of fused-ring (bicyclic) bond motifs is 1. The Kier molecular flexibility index (Phi) is 4.95. The lowest BCUT2D eigenvalue weighted by atomic mass is 10.1. The smallest absolute Gasteiger partial charge is 0.125 e. The Morgan fingerprint density at radius 2 is 1.75 bits per heavy atom. The number of amidine groups is 1. The van der Waals surface area contributed by atoms with Crippen molar-refractivity contribution in [3.05, 3.63) is 58.1 Å². The van der Waals surface area contributed by atoms with E-state index in [9.17, 15) is 0 Å². The number of anilines is 1. The van der Waals surface area contributed by atoms with Gasteiger partial charge in [0.05, 0.1) is 17.9 Å². The zero-order valence-corrected chi connectivity index (χ0v) is 17.3. The molecule has 0 unspecified atom stereocenters. The summed E-state index contributed by atoms with van der Waals surface area (Å²) in [6.45, 7) is 5.79. The van der Waals surface area contributed by atoms with Gasteiger partial charge in [0.1, 0.15) is 5.84 Å².